The van der Waals surface area contributed by atoms with Crippen molar-refractivity contribution in [2.24, 2.45) is 15.9 Å². The minimum atomic E-state index is 0.328. The molecule has 0 saturated heterocycles. The van der Waals surface area contributed by atoms with Gasteiger partial charge in [-0.2, -0.15) is 0 Å². The molecule has 13 heavy (non-hydrogen) atoms. The van der Waals surface area contributed by atoms with E-state index in [1.807, 2.05) is 12.2 Å². The summed E-state index contributed by atoms with van der Waals surface area (Å²) in [4.78, 5) is 8.17. The van der Waals surface area contributed by atoms with Crippen LogP contribution in [0, 0.1) is 5.92 Å². The SMILES string of the molecule is ClC1=NCN=C(C2C=CC=CC2)N1. The van der Waals surface area contributed by atoms with Crippen LogP contribution < -0.4 is 5.32 Å². The van der Waals surface area contributed by atoms with E-state index in [0.717, 1.165) is 12.3 Å². The zero-order chi connectivity index (χ0) is 9.10. The van der Waals surface area contributed by atoms with Gasteiger partial charge >= 0.3 is 0 Å². The third-order valence-electron chi connectivity index (χ3n) is 2.01. The maximum Gasteiger partial charge on any atom is 0.198 e. The fourth-order valence-electron chi connectivity index (χ4n) is 1.35. The molecule has 0 fully saturated rings. The van der Waals surface area contributed by atoms with Crippen LogP contribution >= 0.6 is 11.6 Å². The topological polar surface area (TPSA) is 36.8 Å². The molecule has 2 rings (SSSR count). The summed E-state index contributed by atoms with van der Waals surface area (Å²) >= 11 is 5.75. The van der Waals surface area contributed by atoms with Gasteiger partial charge in [-0.1, -0.05) is 24.3 Å². The normalized spacial score (nSPS) is 26.4. The average molecular weight is 196 g/mol. The predicted octanol–water partition coefficient (Wildman–Crippen LogP) is 1.67. The molecule has 0 radical (unpaired) electrons. The summed E-state index contributed by atoms with van der Waals surface area (Å²) in [7, 11) is 0. The third-order valence-corrected chi connectivity index (χ3v) is 2.23. The van der Waals surface area contributed by atoms with Gasteiger partial charge in [-0.25, -0.2) is 9.98 Å². The number of hydrogen-bond donors (Lipinski definition) is 1. The van der Waals surface area contributed by atoms with Gasteiger partial charge in [-0.05, 0) is 18.0 Å². The zero-order valence-electron chi connectivity index (χ0n) is 7.07. The second-order valence-corrected chi connectivity index (χ2v) is 3.27. The van der Waals surface area contributed by atoms with E-state index in [4.69, 9.17) is 11.6 Å². The summed E-state index contributed by atoms with van der Waals surface area (Å²) in [6, 6.07) is 0. The summed E-state index contributed by atoms with van der Waals surface area (Å²) in [5.41, 5.74) is 0. The summed E-state index contributed by atoms with van der Waals surface area (Å²) in [5.74, 6) is 1.25. The second-order valence-electron chi connectivity index (χ2n) is 2.91. The molecule has 1 N–H and O–H groups in total. The Morgan fingerprint density at radius 3 is 3.00 bits per heavy atom. The van der Waals surface area contributed by atoms with Crippen molar-refractivity contribution in [3.8, 4) is 0 Å². The highest BCUT2D eigenvalue weighted by Crippen LogP contribution is 2.13. The van der Waals surface area contributed by atoms with E-state index in [1.165, 1.54) is 0 Å². The van der Waals surface area contributed by atoms with Gasteiger partial charge in [0.15, 0.2) is 5.29 Å². The van der Waals surface area contributed by atoms with Gasteiger partial charge in [0.25, 0.3) is 0 Å². The fraction of sp³-hybridized carbons (Fsp3) is 0.333. The molecule has 68 valence electrons. The number of rotatable bonds is 1. The molecule has 0 saturated carbocycles. The van der Waals surface area contributed by atoms with Gasteiger partial charge in [0, 0.05) is 5.92 Å². The van der Waals surface area contributed by atoms with Crippen molar-refractivity contribution in [3.05, 3.63) is 24.3 Å². The average Bonchev–Trinajstić information content (AvgIpc) is 2.19. The maximum absolute atomic E-state index is 5.75. The van der Waals surface area contributed by atoms with E-state index >= 15 is 0 Å². The summed E-state index contributed by atoms with van der Waals surface area (Å²) in [6.07, 6.45) is 9.27. The first-order valence-electron chi connectivity index (χ1n) is 4.21. The van der Waals surface area contributed by atoms with E-state index < -0.39 is 0 Å². The highest BCUT2D eigenvalue weighted by Gasteiger charge is 2.15. The third kappa shape index (κ3) is 1.98. The van der Waals surface area contributed by atoms with E-state index in [-0.39, 0.29) is 0 Å². The number of allylic oxidation sites excluding steroid dienone is 3. The van der Waals surface area contributed by atoms with Crippen LogP contribution in [0.4, 0.5) is 0 Å². The zero-order valence-corrected chi connectivity index (χ0v) is 7.83. The Bertz CT molecular complexity index is 315. The monoisotopic (exact) mass is 195 g/mol. The first-order chi connectivity index (χ1) is 6.36. The molecule has 1 aliphatic heterocycles. The first-order valence-corrected chi connectivity index (χ1v) is 4.59. The van der Waals surface area contributed by atoms with Gasteiger partial charge in [0.1, 0.15) is 12.5 Å². The molecule has 0 aromatic rings. The number of nitrogens with zero attached hydrogens (tertiary/aromatic N) is 2. The molecule has 1 heterocycles. The fourth-order valence-corrected chi connectivity index (χ4v) is 1.50. The van der Waals surface area contributed by atoms with Crippen LogP contribution in [0.1, 0.15) is 6.42 Å². The Morgan fingerprint density at radius 1 is 1.38 bits per heavy atom. The van der Waals surface area contributed by atoms with Crippen LogP contribution in [-0.2, 0) is 0 Å². The van der Waals surface area contributed by atoms with Crippen LogP contribution in [-0.4, -0.2) is 17.8 Å². The van der Waals surface area contributed by atoms with Crippen molar-refractivity contribution in [1.29, 1.82) is 0 Å². The Kier molecular flexibility index (Phi) is 2.45. The number of nitrogens with one attached hydrogen (secondary N) is 1. The van der Waals surface area contributed by atoms with Crippen LogP contribution in [0.3, 0.4) is 0 Å². The summed E-state index contributed by atoms with van der Waals surface area (Å²) in [6.45, 7) is 0.440. The van der Waals surface area contributed by atoms with Gasteiger partial charge < -0.3 is 5.32 Å². The first kappa shape index (κ1) is 8.51. The standard InChI is InChI=1S/C9H10ClN3/c10-9-12-6-11-8(13-9)7-4-2-1-3-5-7/h1-4,7H,5-6H2,(H,11,12,13). The van der Waals surface area contributed by atoms with Crippen LogP contribution in [0.15, 0.2) is 34.3 Å². The predicted molar refractivity (Wildman–Crippen MR) is 55.1 cm³/mol. The van der Waals surface area contributed by atoms with Crippen LogP contribution in [0.5, 0.6) is 0 Å². The summed E-state index contributed by atoms with van der Waals surface area (Å²) in [5, 5.41) is 3.40. The van der Waals surface area contributed by atoms with Gasteiger partial charge in [-0.3, -0.25) is 0 Å². The van der Waals surface area contributed by atoms with Crippen molar-refractivity contribution in [2.75, 3.05) is 6.67 Å². The molecule has 1 unspecified atom stereocenters. The van der Waals surface area contributed by atoms with E-state index in [1.54, 1.807) is 0 Å². The molecule has 0 spiro atoms. The molecule has 0 bridgehead atoms. The summed E-state index contributed by atoms with van der Waals surface area (Å²) < 4.78 is 0. The molecule has 4 heteroatoms. The van der Waals surface area contributed by atoms with Gasteiger partial charge in [0.2, 0.25) is 0 Å². The van der Waals surface area contributed by atoms with Crippen LogP contribution in [0.25, 0.3) is 0 Å². The largest absolute Gasteiger partial charge is 0.319 e. The van der Waals surface area contributed by atoms with Crippen molar-refractivity contribution >= 4 is 22.7 Å². The minimum absolute atomic E-state index is 0.328. The minimum Gasteiger partial charge on any atom is -0.319 e. The molecule has 3 nitrogen and oxygen atoms in total. The lowest BCUT2D eigenvalue weighted by molar-refractivity contribution is 0.821. The molecule has 2 aliphatic rings. The van der Waals surface area contributed by atoms with Crippen molar-refractivity contribution < 1.29 is 0 Å². The molecular weight excluding hydrogens is 186 g/mol. The van der Waals surface area contributed by atoms with Gasteiger partial charge in [-0.15, -0.1) is 0 Å². The van der Waals surface area contributed by atoms with E-state index in [2.05, 4.69) is 27.5 Å². The number of aliphatic imine (C=N–C) groups is 2. The highest BCUT2D eigenvalue weighted by atomic mass is 35.5. The van der Waals surface area contributed by atoms with Crippen LogP contribution in [0.2, 0.25) is 0 Å². The lowest BCUT2D eigenvalue weighted by atomic mass is 9.99. The van der Waals surface area contributed by atoms with Crippen molar-refractivity contribution in [2.45, 2.75) is 6.42 Å². The van der Waals surface area contributed by atoms with E-state index in [9.17, 15) is 0 Å². The van der Waals surface area contributed by atoms with E-state index in [0.29, 0.717) is 17.9 Å². The number of amidine groups is 2. The molecule has 0 aromatic heterocycles. The second kappa shape index (κ2) is 3.75. The lowest BCUT2D eigenvalue weighted by Crippen LogP contribution is -2.35. The molecule has 1 atom stereocenters. The Balaban J connectivity index is 2.05. The molecule has 0 aromatic carbocycles. The van der Waals surface area contributed by atoms with Crippen molar-refractivity contribution in [3.63, 3.8) is 0 Å². The maximum atomic E-state index is 5.75. The quantitative estimate of drug-likeness (QED) is 0.635. The Hall–Kier alpha value is -1.09. The highest BCUT2D eigenvalue weighted by molar-refractivity contribution is 6.66. The molecule has 1 aliphatic carbocycles. The number of halogens is 1. The number of hydrogen-bond acceptors (Lipinski definition) is 3. The molecule has 0 amide bonds. The van der Waals surface area contributed by atoms with Crippen molar-refractivity contribution in [1.82, 2.24) is 5.32 Å². The Labute approximate surface area is 81.9 Å². The Morgan fingerprint density at radius 2 is 2.31 bits per heavy atom. The molecular formula is C9H10ClN3. The smallest absolute Gasteiger partial charge is 0.198 e. The lowest BCUT2D eigenvalue weighted by Gasteiger charge is -2.19. The van der Waals surface area contributed by atoms with Gasteiger partial charge in [0.05, 0.1) is 0 Å².